The van der Waals surface area contributed by atoms with Crippen LogP contribution in [-0.2, 0) is 0 Å². The van der Waals surface area contributed by atoms with Crippen molar-refractivity contribution in [3.63, 3.8) is 0 Å². The monoisotopic (exact) mass is 289 g/mol. The molecule has 1 aliphatic rings. The van der Waals surface area contributed by atoms with E-state index in [1.54, 1.807) is 6.07 Å². The molecule has 3 rings (SSSR count). The molecule has 3 nitrogen and oxygen atoms in total. The van der Waals surface area contributed by atoms with E-state index < -0.39 is 0 Å². The van der Waals surface area contributed by atoms with E-state index in [0.717, 1.165) is 22.6 Å². The number of nitrogens with two attached hydrogens (primary N) is 1. The predicted molar refractivity (Wildman–Crippen MR) is 81.5 cm³/mol. The molecule has 0 fully saturated rings. The number of fused-ring (bicyclic) bond motifs is 1. The lowest BCUT2D eigenvalue weighted by Gasteiger charge is -2.10. The summed E-state index contributed by atoms with van der Waals surface area (Å²) >= 11 is 5.95. The van der Waals surface area contributed by atoms with Crippen molar-refractivity contribution in [2.75, 3.05) is 18.9 Å². The molecule has 1 atom stereocenters. The third-order valence-corrected chi connectivity index (χ3v) is 3.66. The summed E-state index contributed by atoms with van der Waals surface area (Å²) in [7, 11) is 0. The van der Waals surface area contributed by atoms with Crippen molar-refractivity contribution in [2.45, 2.75) is 6.92 Å². The maximum atomic E-state index is 5.95. The highest BCUT2D eigenvalue weighted by Gasteiger charge is 2.15. The average Bonchev–Trinajstić information content (AvgIpc) is 2.64. The van der Waals surface area contributed by atoms with Crippen LogP contribution in [0, 0.1) is 5.92 Å². The summed E-state index contributed by atoms with van der Waals surface area (Å²) in [6, 6.07) is 11.5. The van der Waals surface area contributed by atoms with Crippen molar-refractivity contribution in [3.05, 3.63) is 41.4 Å². The lowest BCUT2D eigenvalue weighted by Crippen LogP contribution is -2.12. The molecule has 1 unspecified atom stereocenters. The number of nitrogen functional groups attached to an aromatic ring is 1. The number of hydrogen-bond acceptors (Lipinski definition) is 3. The first-order valence-electron chi connectivity index (χ1n) is 6.58. The summed E-state index contributed by atoms with van der Waals surface area (Å²) in [5.41, 5.74) is 8.47. The molecule has 4 heteroatoms. The Balaban J connectivity index is 1.97. The maximum absolute atomic E-state index is 5.95. The van der Waals surface area contributed by atoms with E-state index in [1.165, 1.54) is 0 Å². The molecule has 1 heterocycles. The van der Waals surface area contributed by atoms with E-state index >= 15 is 0 Å². The van der Waals surface area contributed by atoms with Gasteiger partial charge in [0.1, 0.15) is 0 Å². The topological polar surface area (TPSA) is 44.5 Å². The van der Waals surface area contributed by atoms with Gasteiger partial charge in [0.05, 0.1) is 23.9 Å². The summed E-state index contributed by atoms with van der Waals surface area (Å²) in [5, 5.41) is 0.567. The van der Waals surface area contributed by atoms with Gasteiger partial charge in [0.25, 0.3) is 0 Å². The number of anilines is 1. The van der Waals surface area contributed by atoms with Crippen LogP contribution in [0.2, 0.25) is 5.02 Å². The van der Waals surface area contributed by atoms with Crippen LogP contribution in [0.15, 0.2) is 36.4 Å². The van der Waals surface area contributed by atoms with Crippen LogP contribution in [0.1, 0.15) is 6.92 Å². The minimum atomic E-state index is 0.386. The molecule has 1 aliphatic heterocycles. The Morgan fingerprint density at radius 2 is 1.65 bits per heavy atom. The largest absolute Gasteiger partial charge is 0.489 e. The van der Waals surface area contributed by atoms with Crippen molar-refractivity contribution in [1.29, 1.82) is 0 Å². The second kappa shape index (κ2) is 5.25. The number of benzene rings is 2. The van der Waals surface area contributed by atoms with Crippen molar-refractivity contribution in [3.8, 4) is 22.6 Å². The van der Waals surface area contributed by atoms with Crippen molar-refractivity contribution in [1.82, 2.24) is 0 Å². The van der Waals surface area contributed by atoms with Crippen LogP contribution in [0.5, 0.6) is 11.5 Å². The predicted octanol–water partition coefficient (Wildman–Crippen LogP) is 4.00. The highest BCUT2D eigenvalue weighted by Crippen LogP contribution is 2.36. The quantitative estimate of drug-likeness (QED) is 0.807. The summed E-state index contributed by atoms with van der Waals surface area (Å²) in [4.78, 5) is 0. The van der Waals surface area contributed by atoms with Crippen LogP contribution in [-0.4, -0.2) is 13.2 Å². The van der Waals surface area contributed by atoms with E-state index in [9.17, 15) is 0 Å². The molecule has 2 aromatic rings. The Labute approximate surface area is 123 Å². The van der Waals surface area contributed by atoms with Crippen LogP contribution in [0.3, 0.4) is 0 Å². The fourth-order valence-corrected chi connectivity index (χ4v) is 2.27. The van der Waals surface area contributed by atoms with E-state index in [4.69, 9.17) is 26.8 Å². The van der Waals surface area contributed by atoms with Gasteiger partial charge in [-0.2, -0.15) is 0 Å². The number of halogens is 1. The molecule has 104 valence electrons. The van der Waals surface area contributed by atoms with Crippen LogP contribution in [0.25, 0.3) is 11.1 Å². The summed E-state index contributed by atoms with van der Waals surface area (Å²) < 4.78 is 11.5. The molecule has 0 radical (unpaired) electrons. The van der Waals surface area contributed by atoms with E-state index in [2.05, 4.69) is 6.92 Å². The molecule has 2 N–H and O–H groups in total. The first-order valence-corrected chi connectivity index (χ1v) is 6.96. The van der Waals surface area contributed by atoms with Gasteiger partial charge in [0.15, 0.2) is 11.5 Å². The first-order chi connectivity index (χ1) is 9.63. The summed E-state index contributed by atoms with van der Waals surface area (Å²) in [6.45, 7) is 3.45. The van der Waals surface area contributed by atoms with Gasteiger partial charge in [0.2, 0.25) is 0 Å². The lowest BCUT2D eigenvalue weighted by molar-refractivity contribution is 0.228. The van der Waals surface area contributed by atoms with Crippen LogP contribution < -0.4 is 15.2 Å². The fraction of sp³-hybridized carbons (Fsp3) is 0.250. The Kier molecular flexibility index (Phi) is 3.45. The Morgan fingerprint density at radius 1 is 1.00 bits per heavy atom. The molecule has 0 amide bonds. The summed E-state index contributed by atoms with van der Waals surface area (Å²) in [6.07, 6.45) is 0. The molecule has 0 saturated carbocycles. The SMILES string of the molecule is CC1COc2ccc(-c3ccc(Cl)c(N)c3)cc2OC1. The van der Waals surface area contributed by atoms with Gasteiger partial charge in [-0.15, -0.1) is 0 Å². The van der Waals surface area contributed by atoms with Gasteiger partial charge in [0, 0.05) is 5.92 Å². The second-order valence-electron chi connectivity index (χ2n) is 5.12. The average molecular weight is 290 g/mol. The van der Waals surface area contributed by atoms with Crippen molar-refractivity contribution >= 4 is 17.3 Å². The third-order valence-electron chi connectivity index (χ3n) is 3.32. The van der Waals surface area contributed by atoms with Gasteiger partial charge in [-0.1, -0.05) is 30.7 Å². The molecule has 0 bridgehead atoms. The zero-order valence-electron chi connectivity index (χ0n) is 11.2. The van der Waals surface area contributed by atoms with Crippen LogP contribution >= 0.6 is 11.6 Å². The third kappa shape index (κ3) is 2.54. The highest BCUT2D eigenvalue weighted by atomic mass is 35.5. The number of rotatable bonds is 1. The molecule has 0 aliphatic carbocycles. The Morgan fingerprint density at radius 3 is 2.40 bits per heavy atom. The highest BCUT2D eigenvalue weighted by molar-refractivity contribution is 6.33. The van der Waals surface area contributed by atoms with E-state index in [-0.39, 0.29) is 0 Å². The standard InChI is InChI=1S/C16H16ClNO2/c1-10-8-19-15-5-3-12(7-16(15)20-9-10)11-2-4-13(17)14(18)6-11/h2-7,10H,8-9,18H2,1H3. The van der Waals surface area contributed by atoms with E-state index in [1.807, 2.05) is 30.3 Å². The minimum absolute atomic E-state index is 0.386. The zero-order chi connectivity index (χ0) is 14.1. The minimum Gasteiger partial charge on any atom is -0.489 e. The number of ether oxygens (including phenoxy) is 2. The van der Waals surface area contributed by atoms with Gasteiger partial charge < -0.3 is 15.2 Å². The van der Waals surface area contributed by atoms with E-state index in [0.29, 0.717) is 29.8 Å². The first kappa shape index (κ1) is 13.1. The molecule has 0 aromatic heterocycles. The normalized spacial score (nSPS) is 17.6. The maximum Gasteiger partial charge on any atom is 0.161 e. The lowest BCUT2D eigenvalue weighted by atomic mass is 10.0. The van der Waals surface area contributed by atoms with Gasteiger partial charge in [-0.05, 0) is 35.4 Å². The molecular weight excluding hydrogens is 274 g/mol. The Hall–Kier alpha value is -1.87. The number of hydrogen-bond donors (Lipinski definition) is 1. The Bertz CT molecular complexity index is 642. The smallest absolute Gasteiger partial charge is 0.161 e. The van der Waals surface area contributed by atoms with Gasteiger partial charge >= 0.3 is 0 Å². The van der Waals surface area contributed by atoms with Gasteiger partial charge in [-0.3, -0.25) is 0 Å². The van der Waals surface area contributed by atoms with Crippen molar-refractivity contribution < 1.29 is 9.47 Å². The molecule has 0 saturated heterocycles. The van der Waals surface area contributed by atoms with Crippen molar-refractivity contribution in [2.24, 2.45) is 5.92 Å². The molecular formula is C16H16ClNO2. The molecule has 20 heavy (non-hydrogen) atoms. The molecule has 0 spiro atoms. The van der Waals surface area contributed by atoms with Crippen LogP contribution in [0.4, 0.5) is 5.69 Å². The summed E-state index contributed by atoms with van der Waals surface area (Å²) in [5.74, 6) is 1.96. The second-order valence-corrected chi connectivity index (χ2v) is 5.53. The zero-order valence-corrected chi connectivity index (χ0v) is 12.0. The molecule has 2 aromatic carbocycles. The fourth-order valence-electron chi connectivity index (χ4n) is 2.16. The van der Waals surface area contributed by atoms with Gasteiger partial charge in [-0.25, -0.2) is 0 Å².